The maximum atomic E-state index is 12.1. The van der Waals surface area contributed by atoms with Crippen LogP contribution in [0.3, 0.4) is 0 Å². The number of hydrogen-bond acceptors (Lipinski definition) is 3. The number of nitrogens with one attached hydrogen (secondary N) is 1. The summed E-state index contributed by atoms with van der Waals surface area (Å²) in [6.45, 7) is -1.22. The van der Waals surface area contributed by atoms with E-state index in [0.717, 1.165) is 23.6 Å². The third kappa shape index (κ3) is 4.90. The number of halogens is 3. The molecule has 1 aliphatic rings. The fourth-order valence-electron chi connectivity index (χ4n) is 2.39. The van der Waals surface area contributed by atoms with Gasteiger partial charge in [-0.1, -0.05) is 12.8 Å². The number of nitrogens with two attached hydrogens (primary N) is 1. The Balaban J connectivity index is 2.71. The molecule has 5 nitrogen and oxygen atoms in total. The van der Waals surface area contributed by atoms with Crippen molar-refractivity contribution in [2.24, 2.45) is 11.7 Å². The Kier molecular flexibility index (Phi) is 5.60. The van der Waals surface area contributed by atoms with E-state index in [0.29, 0.717) is 13.0 Å². The average Bonchev–Trinajstić information content (AvgIpc) is 2.35. The summed E-state index contributed by atoms with van der Waals surface area (Å²) in [5.74, 6) is 0.00112. The van der Waals surface area contributed by atoms with Gasteiger partial charge >= 0.3 is 6.18 Å². The molecule has 114 valence electrons. The molecule has 0 heterocycles. The Labute approximate surface area is 111 Å². The maximum absolute atomic E-state index is 12.1. The molecule has 0 radical (unpaired) electrons. The van der Waals surface area contributed by atoms with E-state index in [-0.39, 0.29) is 12.0 Å². The number of nitrogens with zero attached hydrogens (tertiary/aromatic N) is 1. The van der Waals surface area contributed by atoms with Crippen molar-refractivity contribution in [3.8, 4) is 0 Å². The lowest BCUT2D eigenvalue weighted by Gasteiger charge is -2.36. The second-order valence-corrected chi connectivity index (χ2v) is 6.62. The highest BCUT2D eigenvalue weighted by atomic mass is 32.2. The molecule has 9 heteroatoms. The van der Waals surface area contributed by atoms with E-state index in [1.54, 1.807) is 4.72 Å². The first kappa shape index (κ1) is 16.7. The van der Waals surface area contributed by atoms with Crippen molar-refractivity contribution < 1.29 is 21.6 Å². The molecule has 0 amide bonds. The highest BCUT2D eigenvalue weighted by Crippen LogP contribution is 2.28. The van der Waals surface area contributed by atoms with Gasteiger partial charge in [-0.3, -0.25) is 0 Å². The lowest BCUT2D eigenvalue weighted by molar-refractivity contribution is -0.121. The molecule has 2 atom stereocenters. The molecule has 0 aromatic heterocycles. The van der Waals surface area contributed by atoms with Crippen LogP contribution in [0, 0.1) is 5.92 Å². The Hall–Kier alpha value is -0.380. The molecule has 0 aliphatic heterocycles. The van der Waals surface area contributed by atoms with Gasteiger partial charge in [0.1, 0.15) is 6.54 Å². The van der Waals surface area contributed by atoms with Crippen molar-refractivity contribution in [2.75, 3.05) is 20.1 Å². The van der Waals surface area contributed by atoms with Crippen LogP contribution < -0.4 is 10.5 Å². The minimum atomic E-state index is -4.56. The SMILES string of the molecule is CN(C1CCCCC1CN)S(=O)(=O)NCC(F)(F)F. The van der Waals surface area contributed by atoms with Gasteiger partial charge in [0.15, 0.2) is 0 Å². The van der Waals surface area contributed by atoms with Gasteiger partial charge in [0.25, 0.3) is 10.2 Å². The molecule has 1 aliphatic carbocycles. The first-order valence-corrected chi connectivity index (χ1v) is 7.61. The molecule has 0 aromatic rings. The van der Waals surface area contributed by atoms with Crippen LogP contribution in [0.1, 0.15) is 25.7 Å². The lowest BCUT2D eigenvalue weighted by atomic mass is 9.85. The van der Waals surface area contributed by atoms with Gasteiger partial charge in [-0.15, -0.1) is 0 Å². The molecular weight excluding hydrogens is 283 g/mol. The zero-order chi connectivity index (χ0) is 14.7. The van der Waals surface area contributed by atoms with Crippen molar-refractivity contribution in [3.05, 3.63) is 0 Å². The van der Waals surface area contributed by atoms with E-state index in [4.69, 9.17) is 5.73 Å². The molecule has 2 unspecified atom stereocenters. The van der Waals surface area contributed by atoms with Crippen LogP contribution in [0.5, 0.6) is 0 Å². The summed E-state index contributed by atoms with van der Waals surface area (Å²) in [5.41, 5.74) is 5.60. The first-order chi connectivity index (χ1) is 8.67. The Morgan fingerprint density at radius 1 is 1.32 bits per heavy atom. The first-order valence-electron chi connectivity index (χ1n) is 6.17. The number of alkyl halides is 3. The summed E-state index contributed by atoms with van der Waals surface area (Å²) in [6.07, 6.45) is -1.29. The summed E-state index contributed by atoms with van der Waals surface area (Å²) in [6, 6.07) is -0.329. The second kappa shape index (κ2) is 6.38. The molecule has 0 aromatic carbocycles. The average molecular weight is 303 g/mol. The van der Waals surface area contributed by atoms with Gasteiger partial charge in [0, 0.05) is 13.1 Å². The van der Waals surface area contributed by atoms with Crippen LogP contribution in [0.4, 0.5) is 13.2 Å². The fourth-order valence-corrected chi connectivity index (χ4v) is 3.58. The van der Waals surface area contributed by atoms with E-state index < -0.39 is 22.9 Å². The monoisotopic (exact) mass is 303 g/mol. The fraction of sp³-hybridized carbons (Fsp3) is 1.00. The molecule has 1 fully saturated rings. The van der Waals surface area contributed by atoms with E-state index in [9.17, 15) is 21.6 Å². The van der Waals surface area contributed by atoms with Crippen LogP contribution >= 0.6 is 0 Å². The standard InChI is InChI=1S/C10H20F3N3O2S/c1-16(9-5-3-2-4-8(9)6-14)19(17,18)15-7-10(11,12)13/h8-9,15H,2-7,14H2,1H3. The lowest BCUT2D eigenvalue weighted by Crippen LogP contribution is -2.51. The van der Waals surface area contributed by atoms with Crippen molar-refractivity contribution in [1.82, 2.24) is 9.03 Å². The van der Waals surface area contributed by atoms with Crippen LogP contribution in [-0.2, 0) is 10.2 Å². The molecule has 0 spiro atoms. The van der Waals surface area contributed by atoms with E-state index in [2.05, 4.69) is 0 Å². The molecule has 0 saturated heterocycles. The number of rotatable bonds is 5. The largest absolute Gasteiger partial charge is 0.402 e. The Bertz CT molecular complexity index is 386. The predicted octanol–water partition coefficient (Wildman–Crippen LogP) is 0.832. The van der Waals surface area contributed by atoms with E-state index in [1.165, 1.54) is 7.05 Å². The normalized spacial score (nSPS) is 25.8. The molecule has 1 saturated carbocycles. The summed E-state index contributed by atoms with van der Waals surface area (Å²) in [7, 11) is -2.83. The van der Waals surface area contributed by atoms with E-state index in [1.807, 2.05) is 0 Å². The van der Waals surface area contributed by atoms with Gasteiger partial charge in [-0.2, -0.15) is 30.6 Å². The van der Waals surface area contributed by atoms with Crippen molar-refractivity contribution in [3.63, 3.8) is 0 Å². The second-order valence-electron chi connectivity index (χ2n) is 4.81. The van der Waals surface area contributed by atoms with Gasteiger partial charge in [0.2, 0.25) is 0 Å². The third-order valence-electron chi connectivity index (χ3n) is 3.47. The summed E-state index contributed by atoms with van der Waals surface area (Å²) in [5, 5.41) is 0. The minimum absolute atomic E-state index is 0.00112. The van der Waals surface area contributed by atoms with Crippen molar-refractivity contribution in [2.45, 2.75) is 37.9 Å². The van der Waals surface area contributed by atoms with Crippen LogP contribution in [0.15, 0.2) is 0 Å². The summed E-state index contributed by atoms with van der Waals surface area (Å²) in [4.78, 5) is 0. The zero-order valence-electron chi connectivity index (χ0n) is 10.8. The molecule has 1 rings (SSSR count). The van der Waals surface area contributed by atoms with Crippen molar-refractivity contribution in [1.29, 1.82) is 0 Å². The highest BCUT2D eigenvalue weighted by molar-refractivity contribution is 7.87. The van der Waals surface area contributed by atoms with Gasteiger partial charge in [-0.05, 0) is 25.3 Å². The molecule has 19 heavy (non-hydrogen) atoms. The smallest absolute Gasteiger partial charge is 0.330 e. The summed E-state index contributed by atoms with van der Waals surface area (Å²) >= 11 is 0. The van der Waals surface area contributed by atoms with Gasteiger partial charge < -0.3 is 5.73 Å². The number of hydrogen-bond donors (Lipinski definition) is 2. The zero-order valence-corrected chi connectivity index (χ0v) is 11.6. The van der Waals surface area contributed by atoms with Crippen molar-refractivity contribution >= 4 is 10.2 Å². The third-order valence-corrected chi connectivity index (χ3v) is 5.01. The highest BCUT2D eigenvalue weighted by Gasteiger charge is 2.36. The summed E-state index contributed by atoms with van der Waals surface area (Å²) < 4.78 is 62.4. The van der Waals surface area contributed by atoms with Crippen LogP contribution in [-0.4, -0.2) is 45.1 Å². The molecular formula is C10H20F3N3O2S. The van der Waals surface area contributed by atoms with Gasteiger partial charge in [0.05, 0.1) is 0 Å². The van der Waals surface area contributed by atoms with Crippen LogP contribution in [0.2, 0.25) is 0 Å². The predicted molar refractivity (Wildman–Crippen MR) is 65.5 cm³/mol. The topological polar surface area (TPSA) is 75.4 Å². The maximum Gasteiger partial charge on any atom is 0.402 e. The van der Waals surface area contributed by atoms with E-state index >= 15 is 0 Å². The molecule has 3 N–H and O–H groups in total. The quantitative estimate of drug-likeness (QED) is 0.790. The Morgan fingerprint density at radius 3 is 2.42 bits per heavy atom. The molecule has 0 bridgehead atoms. The van der Waals surface area contributed by atoms with Crippen LogP contribution in [0.25, 0.3) is 0 Å². The minimum Gasteiger partial charge on any atom is -0.330 e. The Morgan fingerprint density at radius 2 is 1.89 bits per heavy atom. The van der Waals surface area contributed by atoms with Gasteiger partial charge in [-0.25, -0.2) is 0 Å².